The number of aryl methyl sites for hydroxylation is 1. The Hall–Kier alpha value is -1.57. The molecule has 0 N–H and O–H groups in total. The van der Waals surface area contributed by atoms with Crippen molar-refractivity contribution < 1.29 is 4.79 Å². The zero-order valence-corrected chi connectivity index (χ0v) is 16.8. The molecule has 5 heterocycles. The van der Waals surface area contributed by atoms with E-state index in [1.54, 1.807) is 11.3 Å². The Labute approximate surface area is 164 Å². The summed E-state index contributed by atoms with van der Waals surface area (Å²) in [6.45, 7) is 8.39. The molecule has 0 spiro atoms. The van der Waals surface area contributed by atoms with Crippen LogP contribution in [0.3, 0.4) is 0 Å². The van der Waals surface area contributed by atoms with Gasteiger partial charge < -0.3 is 4.90 Å². The molecule has 1 unspecified atom stereocenters. The van der Waals surface area contributed by atoms with Crippen molar-refractivity contribution in [3.8, 4) is 0 Å². The molecular weight excluding hydrogens is 358 g/mol. The summed E-state index contributed by atoms with van der Waals surface area (Å²) in [6.07, 6.45) is 6.84. The summed E-state index contributed by atoms with van der Waals surface area (Å²) in [4.78, 5) is 31.3. The minimum Gasteiger partial charge on any atom is -0.339 e. The summed E-state index contributed by atoms with van der Waals surface area (Å²) in [6, 6.07) is 0.591. The number of hydrogen-bond donors (Lipinski definition) is 0. The Morgan fingerprint density at radius 1 is 1.26 bits per heavy atom. The molecule has 7 heteroatoms. The maximum Gasteiger partial charge on any atom is 0.236 e. The van der Waals surface area contributed by atoms with Crippen molar-refractivity contribution in [2.24, 2.45) is 0 Å². The summed E-state index contributed by atoms with van der Waals surface area (Å²) >= 11 is 1.77. The van der Waals surface area contributed by atoms with E-state index in [4.69, 9.17) is 0 Å². The monoisotopic (exact) mass is 385 g/mol. The lowest BCUT2D eigenvalue weighted by molar-refractivity contribution is -0.136. The predicted octanol–water partition coefficient (Wildman–Crippen LogP) is 2.05. The van der Waals surface area contributed by atoms with Crippen LogP contribution in [0.1, 0.15) is 35.5 Å². The smallest absolute Gasteiger partial charge is 0.236 e. The lowest BCUT2D eigenvalue weighted by atomic mass is 9.99. The van der Waals surface area contributed by atoms with Gasteiger partial charge in [-0.15, -0.1) is 11.3 Å². The first kappa shape index (κ1) is 17.5. The average molecular weight is 386 g/mol. The van der Waals surface area contributed by atoms with Gasteiger partial charge in [-0.25, -0.2) is 9.97 Å². The molecule has 5 rings (SSSR count). The largest absolute Gasteiger partial charge is 0.339 e. The number of amides is 1. The van der Waals surface area contributed by atoms with E-state index in [0.29, 0.717) is 18.5 Å². The van der Waals surface area contributed by atoms with Gasteiger partial charge >= 0.3 is 0 Å². The third kappa shape index (κ3) is 3.37. The van der Waals surface area contributed by atoms with Crippen LogP contribution in [0.2, 0.25) is 0 Å². The number of rotatable bonds is 2. The SMILES string of the molecule is Cc1ncc2c3c(sc2n1)CN(CC(=O)N1CCN2CCCCC2C1)CC3. The fraction of sp³-hybridized carbons (Fsp3) is 0.650. The molecule has 2 aromatic heterocycles. The van der Waals surface area contributed by atoms with Gasteiger partial charge in [0.2, 0.25) is 5.91 Å². The highest BCUT2D eigenvalue weighted by atomic mass is 32.1. The van der Waals surface area contributed by atoms with Crippen LogP contribution in [0.5, 0.6) is 0 Å². The lowest BCUT2D eigenvalue weighted by Gasteiger charge is -2.44. The molecule has 3 aliphatic heterocycles. The zero-order valence-electron chi connectivity index (χ0n) is 16.0. The minimum absolute atomic E-state index is 0.306. The van der Waals surface area contributed by atoms with Crippen LogP contribution in [-0.4, -0.2) is 75.9 Å². The highest BCUT2D eigenvalue weighted by molar-refractivity contribution is 7.18. The molecule has 2 aromatic rings. The van der Waals surface area contributed by atoms with Crippen LogP contribution in [0, 0.1) is 6.92 Å². The third-order valence-electron chi connectivity index (χ3n) is 6.35. The van der Waals surface area contributed by atoms with Gasteiger partial charge in [0.25, 0.3) is 0 Å². The number of fused-ring (bicyclic) bond motifs is 4. The van der Waals surface area contributed by atoms with E-state index in [0.717, 1.165) is 49.8 Å². The number of aromatic nitrogens is 2. The van der Waals surface area contributed by atoms with E-state index < -0.39 is 0 Å². The summed E-state index contributed by atoms with van der Waals surface area (Å²) in [7, 11) is 0. The predicted molar refractivity (Wildman–Crippen MR) is 107 cm³/mol. The van der Waals surface area contributed by atoms with Crippen molar-refractivity contribution in [1.29, 1.82) is 0 Å². The van der Waals surface area contributed by atoms with Gasteiger partial charge in [-0.1, -0.05) is 6.42 Å². The quantitative estimate of drug-likeness (QED) is 0.792. The number of carbonyl (C=O) groups is 1. The molecule has 0 aliphatic carbocycles. The molecule has 27 heavy (non-hydrogen) atoms. The van der Waals surface area contributed by atoms with E-state index in [1.165, 1.54) is 41.6 Å². The zero-order chi connectivity index (χ0) is 18.4. The van der Waals surface area contributed by atoms with Crippen molar-refractivity contribution in [2.45, 2.75) is 45.2 Å². The topological polar surface area (TPSA) is 52.6 Å². The molecule has 0 saturated carbocycles. The second-order valence-corrected chi connectivity index (χ2v) is 9.21. The third-order valence-corrected chi connectivity index (χ3v) is 7.48. The van der Waals surface area contributed by atoms with Crippen LogP contribution in [0.25, 0.3) is 10.2 Å². The first-order chi connectivity index (χ1) is 13.2. The maximum absolute atomic E-state index is 12.9. The van der Waals surface area contributed by atoms with E-state index >= 15 is 0 Å². The molecule has 0 aromatic carbocycles. The number of piperidine rings is 1. The standard InChI is InChI=1S/C20H27N5OS/c1-14-21-10-17-16-5-7-23(12-18(16)27-20(17)22-14)13-19(26)25-9-8-24-6-3-2-4-15(24)11-25/h10,15H,2-9,11-13H2,1H3. The van der Waals surface area contributed by atoms with Crippen molar-refractivity contribution in [1.82, 2.24) is 24.7 Å². The maximum atomic E-state index is 12.9. The lowest BCUT2D eigenvalue weighted by Crippen LogP contribution is -2.57. The second kappa shape index (κ2) is 7.11. The summed E-state index contributed by atoms with van der Waals surface area (Å²) in [5, 5.41) is 1.21. The first-order valence-corrected chi connectivity index (χ1v) is 11.0. The highest BCUT2D eigenvalue weighted by Crippen LogP contribution is 2.33. The van der Waals surface area contributed by atoms with Crippen LogP contribution < -0.4 is 0 Å². The molecule has 144 valence electrons. The Balaban J connectivity index is 1.24. The van der Waals surface area contributed by atoms with Crippen LogP contribution in [0.15, 0.2) is 6.20 Å². The van der Waals surface area contributed by atoms with E-state index in [1.807, 2.05) is 13.1 Å². The summed E-state index contributed by atoms with van der Waals surface area (Å²) in [5.74, 6) is 1.13. The molecular formula is C20H27N5OS. The Bertz CT molecular complexity index is 865. The van der Waals surface area contributed by atoms with E-state index in [2.05, 4.69) is 24.7 Å². The van der Waals surface area contributed by atoms with Crippen molar-refractivity contribution >= 4 is 27.5 Å². The summed E-state index contributed by atoms with van der Waals surface area (Å²) < 4.78 is 0. The molecule has 0 radical (unpaired) electrons. The van der Waals surface area contributed by atoms with Gasteiger partial charge in [-0.3, -0.25) is 14.6 Å². The van der Waals surface area contributed by atoms with Gasteiger partial charge in [0, 0.05) is 55.2 Å². The molecule has 6 nitrogen and oxygen atoms in total. The summed E-state index contributed by atoms with van der Waals surface area (Å²) in [5.41, 5.74) is 1.40. The second-order valence-electron chi connectivity index (χ2n) is 8.13. The normalized spacial score (nSPS) is 24.0. The van der Waals surface area contributed by atoms with Crippen LogP contribution in [0.4, 0.5) is 0 Å². The minimum atomic E-state index is 0.306. The number of piperazine rings is 1. The Morgan fingerprint density at radius 2 is 2.19 bits per heavy atom. The fourth-order valence-corrected chi connectivity index (χ4v) is 6.10. The van der Waals surface area contributed by atoms with Crippen molar-refractivity contribution in [2.75, 3.05) is 39.3 Å². The van der Waals surface area contributed by atoms with Crippen LogP contribution in [-0.2, 0) is 17.8 Å². The van der Waals surface area contributed by atoms with E-state index in [9.17, 15) is 4.79 Å². The van der Waals surface area contributed by atoms with Crippen molar-refractivity contribution in [3.63, 3.8) is 0 Å². The number of hydrogen-bond acceptors (Lipinski definition) is 6. The molecule has 1 amide bonds. The van der Waals surface area contributed by atoms with Gasteiger partial charge in [0.05, 0.1) is 6.54 Å². The molecule has 3 aliphatic rings. The van der Waals surface area contributed by atoms with Gasteiger partial charge in [0.1, 0.15) is 10.7 Å². The van der Waals surface area contributed by atoms with Gasteiger partial charge in [0.15, 0.2) is 0 Å². The first-order valence-electron chi connectivity index (χ1n) is 10.2. The number of nitrogens with zero attached hydrogens (tertiary/aromatic N) is 5. The van der Waals surface area contributed by atoms with Crippen LogP contribution >= 0.6 is 11.3 Å². The van der Waals surface area contributed by atoms with Crippen molar-refractivity contribution in [3.05, 3.63) is 22.5 Å². The molecule has 1 atom stereocenters. The number of carbonyl (C=O) groups excluding carboxylic acids is 1. The Kier molecular flexibility index (Phi) is 4.61. The van der Waals surface area contributed by atoms with Gasteiger partial charge in [-0.2, -0.15) is 0 Å². The Morgan fingerprint density at radius 3 is 3.11 bits per heavy atom. The average Bonchev–Trinajstić information content (AvgIpc) is 3.04. The van der Waals surface area contributed by atoms with Gasteiger partial charge in [-0.05, 0) is 38.3 Å². The molecule has 2 fully saturated rings. The highest BCUT2D eigenvalue weighted by Gasteiger charge is 2.32. The number of thiophene rings is 1. The molecule has 2 saturated heterocycles. The van der Waals surface area contributed by atoms with E-state index in [-0.39, 0.29) is 0 Å². The molecule has 0 bridgehead atoms. The fourth-order valence-electron chi connectivity index (χ4n) is 4.83.